The SMILES string of the molecule is Cc1ccc(N)c(N)c1.O=S(=O)([O-])[O-]. The quantitative estimate of drug-likeness (QED) is 0.352. The van der Waals surface area contributed by atoms with Crippen LogP contribution in [-0.2, 0) is 10.4 Å². The number of aryl methyl sites for hydroxylation is 1. The van der Waals surface area contributed by atoms with Crippen molar-refractivity contribution in [1.82, 2.24) is 0 Å². The van der Waals surface area contributed by atoms with Gasteiger partial charge in [-0.2, -0.15) is 0 Å². The number of benzene rings is 1. The third kappa shape index (κ3) is 7.35. The molecule has 1 aromatic rings. The fourth-order valence-electron chi connectivity index (χ4n) is 0.694. The monoisotopic (exact) mass is 218 g/mol. The van der Waals surface area contributed by atoms with Crippen LogP contribution < -0.4 is 11.5 Å². The van der Waals surface area contributed by atoms with Crippen molar-refractivity contribution in [3.8, 4) is 0 Å². The maximum Gasteiger partial charge on any atom is 0.0550 e. The second-order valence-electron chi connectivity index (χ2n) is 2.54. The first-order valence-electron chi connectivity index (χ1n) is 3.48. The highest BCUT2D eigenvalue weighted by atomic mass is 32.3. The fourth-order valence-corrected chi connectivity index (χ4v) is 0.694. The molecule has 0 fully saturated rings. The topological polar surface area (TPSA) is 132 Å². The molecule has 7 heteroatoms. The lowest BCUT2D eigenvalue weighted by Gasteiger charge is -2.06. The highest BCUT2D eigenvalue weighted by Crippen LogP contribution is 2.14. The van der Waals surface area contributed by atoms with E-state index >= 15 is 0 Å². The first kappa shape index (κ1) is 12.7. The summed E-state index contributed by atoms with van der Waals surface area (Å²) >= 11 is 0. The Labute approximate surface area is 82.1 Å². The van der Waals surface area contributed by atoms with E-state index in [1.165, 1.54) is 0 Å². The first-order chi connectivity index (χ1) is 6.20. The summed E-state index contributed by atoms with van der Waals surface area (Å²) in [6, 6.07) is 5.60. The number of hydrogen-bond acceptors (Lipinski definition) is 6. The van der Waals surface area contributed by atoms with Gasteiger partial charge >= 0.3 is 0 Å². The van der Waals surface area contributed by atoms with E-state index in [0.29, 0.717) is 11.4 Å². The second kappa shape index (κ2) is 4.80. The van der Waals surface area contributed by atoms with Crippen LogP contribution >= 0.6 is 0 Å². The Morgan fingerprint density at radius 1 is 1.14 bits per heavy atom. The molecule has 80 valence electrons. The van der Waals surface area contributed by atoms with Gasteiger partial charge in [-0.15, -0.1) is 0 Å². The third-order valence-electron chi connectivity index (χ3n) is 1.24. The summed E-state index contributed by atoms with van der Waals surface area (Å²) in [4.78, 5) is 0. The Morgan fingerprint density at radius 3 is 1.86 bits per heavy atom. The minimum atomic E-state index is -5.17. The average Bonchev–Trinajstić information content (AvgIpc) is 1.94. The van der Waals surface area contributed by atoms with Gasteiger partial charge in [0.05, 0.1) is 11.4 Å². The van der Waals surface area contributed by atoms with Crippen molar-refractivity contribution in [1.29, 1.82) is 0 Å². The van der Waals surface area contributed by atoms with Crippen molar-refractivity contribution < 1.29 is 17.5 Å². The molecular formula is C7H10N2O4S-2. The third-order valence-corrected chi connectivity index (χ3v) is 1.24. The molecule has 1 rings (SSSR count). The number of hydrogen-bond donors (Lipinski definition) is 2. The minimum absolute atomic E-state index is 0.653. The zero-order valence-corrected chi connectivity index (χ0v) is 8.24. The van der Waals surface area contributed by atoms with E-state index < -0.39 is 10.4 Å². The molecule has 0 spiro atoms. The van der Waals surface area contributed by atoms with E-state index in [9.17, 15) is 0 Å². The standard InChI is InChI=1S/C7H10N2.H2O4S/c1-5-2-3-6(8)7(9)4-5;1-5(2,3)4/h2-4H,8-9H2,1H3;(H2,1,2,3,4)/p-2. The highest BCUT2D eigenvalue weighted by molar-refractivity contribution is 7.79. The van der Waals surface area contributed by atoms with Gasteiger partial charge in [0.25, 0.3) is 0 Å². The molecule has 0 amide bonds. The largest absolute Gasteiger partial charge is 0.759 e. The molecule has 1 aromatic carbocycles. The molecule has 0 aliphatic heterocycles. The van der Waals surface area contributed by atoms with Crippen LogP contribution in [0.5, 0.6) is 0 Å². The summed E-state index contributed by atoms with van der Waals surface area (Å²) in [5, 5.41) is 0. The van der Waals surface area contributed by atoms with Crippen LogP contribution in [0.2, 0.25) is 0 Å². The zero-order chi connectivity index (χ0) is 11.4. The van der Waals surface area contributed by atoms with Crippen LogP contribution in [0, 0.1) is 6.92 Å². The van der Waals surface area contributed by atoms with Crippen molar-refractivity contribution in [3.63, 3.8) is 0 Å². The molecule has 0 heterocycles. The lowest BCUT2D eigenvalue weighted by atomic mass is 10.2. The molecule has 0 saturated carbocycles. The van der Waals surface area contributed by atoms with E-state index in [-0.39, 0.29) is 0 Å². The highest BCUT2D eigenvalue weighted by Gasteiger charge is 1.90. The molecule has 0 atom stereocenters. The van der Waals surface area contributed by atoms with Gasteiger partial charge < -0.3 is 20.6 Å². The summed E-state index contributed by atoms with van der Waals surface area (Å²) in [5.41, 5.74) is 13.4. The fraction of sp³-hybridized carbons (Fsp3) is 0.143. The lowest BCUT2D eigenvalue weighted by molar-refractivity contribution is 0.352. The molecule has 0 aliphatic carbocycles. The molecule has 6 nitrogen and oxygen atoms in total. The van der Waals surface area contributed by atoms with Crippen LogP contribution in [0.1, 0.15) is 5.56 Å². The predicted octanol–water partition coefficient (Wildman–Crippen LogP) is -0.179. The summed E-state index contributed by atoms with van der Waals surface area (Å²) in [6.45, 7) is 1.98. The molecule has 0 bridgehead atoms. The summed E-state index contributed by atoms with van der Waals surface area (Å²) in [6.07, 6.45) is 0. The second-order valence-corrected chi connectivity index (χ2v) is 3.36. The number of rotatable bonds is 0. The Balaban J connectivity index is 0.000000292. The predicted molar refractivity (Wildman–Crippen MR) is 50.5 cm³/mol. The summed E-state index contributed by atoms with van der Waals surface area (Å²) in [7, 11) is -5.17. The van der Waals surface area contributed by atoms with Gasteiger partial charge in [0.15, 0.2) is 0 Å². The van der Waals surface area contributed by atoms with Crippen LogP contribution in [0.15, 0.2) is 18.2 Å². The van der Waals surface area contributed by atoms with Gasteiger partial charge in [-0.25, -0.2) is 0 Å². The molecule has 0 saturated heterocycles. The van der Waals surface area contributed by atoms with Crippen molar-refractivity contribution in [2.24, 2.45) is 0 Å². The van der Waals surface area contributed by atoms with Gasteiger partial charge in [0.2, 0.25) is 0 Å². The Hall–Kier alpha value is -1.31. The van der Waals surface area contributed by atoms with Gasteiger partial charge in [0, 0.05) is 10.4 Å². The molecular weight excluding hydrogens is 208 g/mol. The van der Waals surface area contributed by atoms with Crippen molar-refractivity contribution >= 4 is 21.8 Å². The average molecular weight is 218 g/mol. The van der Waals surface area contributed by atoms with Crippen LogP contribution in [0.3, 0.4) is 0 Å². The van der Waals surface area contributed by atoms with Gasteiger partial charge in [-0.3, -0.25) is 8.42 Å². The zero-order valence-electron chi connectivity index (χ0n) is 7.43. The smallest absolute Gasteiger partial charge is 0.0550 e. The van der Waals surface area contributed by atoms with E-state index in [1.807, 2.05) is 25.1 Å². The molecule has 0 radical (unpaired) electrons. The van der Waals surface area contributed by atoms with Crippen LogP contribution in [0.25, 0.3) is 0 Å². The van der Waals surface area contributed by atoms with Crippen LogP contribution in [0.4, 0.5) is 11.4 Å². The van der Waals surface area contributed by atoms with Crippen molar-refractivity contribution in [3.05, 3.63) is 23.8 Å². The normalized spacial score (nSPS) is 10.2. The number of nitrogens with two attached hydrogens (primary N) is 2. The summed E-state index contributed by atoms with van der Waals surface area (Å²) in [5.74, 6) is 0. The van der Waals surface area contributed by atoms with Crippen LogP contribution in [-0.4, -0.2) is 17.5 Å². The molecule has 4 N–H and O–H groups in total. The van der Waals surface area contributed by atoms with Crippen molar-refractivity contribution in [2.75, 3.05) is 11.5 Å². The summed E-state index contributed by atoms with van der Waals surface area (Å²) < 4.78 is 34.1. The van der Waals surface area contributed by atoms with Crippen molar-refractivity contribution in [2.45, 2.75) is 6.92 Å². The molecule has 0 aliphatic rings. The Bertz CT molecular complexity index is 394. The molecule has 14 heavy (non-hydrogen) atoms. The van der Waals surface area contributed by atoms with E-state index in [1.54, 1.807) is 0 Å². The maximum atomic E-state index is 8.52. The number of nitrogen functional groups attached to an aromatic ring is 2. The molecule has 0 aromatic heterocycles. The Morgan fingerprint density at radius 2 is 1.57 bits per heavy atom. The van der Waals surface area contributed by atoms with Gasteiger partial charge in [-0.1, -0.05) is 6.07 Å². The Kier molecular flexibility index (Phi) is 4.35. The minimum Gasteiger partial charge on any atom is -0.759 e. The van der Waals surface area contributed by atoms with Gasteiger partial charge in [-0.05, 0) is 24.6 Å². The van der Waals surface area contributed by atoms with E-state index in [4.69, 9.17) is 29.0 Å². The maximum absolute atomic E-state index is 8.52. The van der Waals surface area contributed by atoms with E-state index in [2.05, 4.69) is 0 Å². The van der Waals surface area contributed by atoms with E-state index in [0.717, 1.165) is 5.56 Å². The molecule has 0 unspecified atom stereocenters. The number of anilines is 2. The first-order valence-corrected chi connectivity index (χ1v) is 4.82. The lowest BCUT2D eigenvalue weighted by Crippen LogP contribution is -1.93. The van der Waals surface area contributed by atoms with Gasteiger partial charge in [0.1, 0.15) is 0 Å².